The van der Waals surface area contributed by atoms with Gasteiger partial charge in [-0.1, -0.05) is 11.6 Å². The molecule has 0 spiro atoms. The van der Waals surface area contributed by atoms with Gasteiger partial charge in [-0.25, -0.2) is 9.18 Å². The zero-order valence-corrected chi connectivity index (χ0v) is 7.66. The summed E-state index contributed by atoms with van der Waals surface area (Å²) in [6.45, 7) is 0. The van der Waals surface area contributed by atoms with E-state index in [1.807, 2.05) is 0 Å². The number of carbonyl (C=O) groups is 1. The van der Waals surface area contributed by atoms with Crippen molar-refractivity contribution in [3.05, 3.63) is 34.1 Å². The molecule has 1 aromatic rings. The van der Waals surface area contributed by atoms with Crippen molar-refractivity contribution in [1.29, 1.82) is 0 Å². The fourth-order valence-corrected chi connectivity index (χ4v) is 1.14. The highest BCUT2D eigenvalue weighted by molar-refractivity contribution is 6.31. The van der Waals surface area contributed by atoms with E-state index in [2.05, 4.69) is 0 Å². The Hall–Kier alpha value is -1.30. The molecular weight excluding hydrogens is 240 g/mol. The number of benzene rings is 1. The lowest BCUT2D eigenvalue weighted by atomic mass is 10.1. The Morgan fingerprint density at radius 1 is 1.33 bits per heavy atom. The van der Waals surface area contributed by atoms with E-state index in [4.69, 9.17) is 16.7 Å². The van der Waals surface area contributed by atoms with Crippen molar-refractivity contribution in [3.8, 4) is 0 Å². The summed E-state index contributed by atoms with van der Waals surface area (Å²) in [6.07, 6.45) is -4.97. The summed E-state index contributed by atoms with van der Waals surface area (Å²) in [5.74, 6) is -3.28. The van der Waals surface area contributed by atoms with Crippen molar-refractivity contribution >= 4 is 17.6 Å². The summed E-state index contributed by atoms with van der Waals surface area (Å²) < 4.78 is 49.4. The molecule has 0 saturated carbocycles. The van der Waals surface area contributed by atoms with Gasteiger partial charge in [-0.05, 0) is 12.1 Å². The van der Waals surface area contributed by atoms with Gasteiger partial charge in [0.25, 0.3) is 0 Å². The second-order valence-electron chi connectivity index (χ2n) is 2.62. The third-order valence-corrected chi connectivity index (χ3v) is 1.86. The van der Waals surface area contributed by atoms with Crippen LogP contribution in [0.2, 0.25) is 5.02 Å². The monoisotopic (exact) mass is 242 g/mol. The van der Waals surface area contributed by atoms with Crippen LogP contribution in [0.25, 0.3) is 0 Å². The third-order valence-electron chi connectivity index (χ3n) is 1.58. The number of hydrogen-bond acceptors (Lipinski definition) is 1. The van der Waals surface area contributed by atoms with Crippen LogP contribution in [0.5, 0.6) is 0 Å². The molecule has 2 nitrogen and oxygen atoms in total. The molecule has 15 heavy (non-hydrogen) atoms. The Kier molecular flexibility index (Phi) is 2.90. The number of hydrogen-bond donors (Lipinski definition) is 1. The number of halogens is 5. The maximum Gasteiger partial charge on any atom is 0.419 e. The molecule has 1 aromatic carbocycles. The Morgan fingerprint density at radius 2 is 1.87 bits per heavy atom. The largest absolute Gasteiger partial charge is 0.478 e. The van der Waals surface area contributed by atoms with Crippen LogP contribution < -0.4 is 0 Å². The molecule has 0 saturated heterocycles. The van der Waals surface area contributed by atoms with E-state index in [1.165, 1.54) is 0 Å². The van der Waals surface area contributed by atoms with Crippen LogP contribution in [0.15, 0.2) is 12.1 Å². The van der Waals surface area contributed by atoms with Gasteiger partial charge in [-0.2, -0.15) is 13.2 Å². The lowest BCUT2D eigenvalue weighted by molar-refractivity contribution is -0.140. The average molecular weight is 243 g/mol. The van der Waals surface area contributed by atoms with Gasteiger partial charge >= 0.3 is 12.1 Å². The van der Waals surface area contributed by atoms with E-state index < -0.39 is 34.1 Å². The van der Waals surface area contributed by atoms with E-state index >= 15 is 0 Å². The molecule has 0 aliphatic heterocycles. The Balaban J connectivity index is 3.45. The van der Waals surface area contributed by atoms with Gasteiger partial charge in [0.2, 0.25) is 0 Å². The minimum absolute atomic E-state index is 0.198. The summed E-state index contributed by atoms with van der Waals surface area (Å²) in [5.41, 5.74) is -2.40. The van der Waals surface area contributed by atoms with Crippen molar-refractivity contribution in [2.75, 3.05) is 0 Å². The highest BCUT2D eigenvalue weighted by Gasteiger charge is 2.36. The molecule has 0 fully saturated rings. The second-order valence-corrected chi connectivity index (χ2v) is 3.03. The van der Waals surface area contributed by atoms with Gasteiger partial charge in [0, 0.05) is 0 Å². The number of aromatic carboxylic acids is 1. The van der Waals surface area contributed by atoms with Crippen molar-refractivity contribution in [3.63, 3.8) is 0 Å². The zero-order valence-electron chi connectivity index (χ0n) is 6.90. The standard InChI is InChI=1S/C8H3ClF4O2/c9-5-2-3(7(14)15)1-4(6(5)10)8(11,12)13/h1-2H,(H,14,15). The molecule has 0 unspecified atom stereocenters. The van der Waals surface area contributed by atoms with E-state index in [-0.39, 0.29) is 6.07 Å². The van der Waals surface area contributed by atoms with Crippen molar-refractivity contribution in [2.24, 2.45) is 0 Å². The molecule has 0 aliphatic rings. The second kappa shape index (κ2) is 3.69. The summed E-state index contributed by atoms with van der Waals surface area (Å²) in [5, 5.41) is 7.57. The van der Waals surface area contributed by atoms with Crippen LogP contribution in [0.3, 0.4) is 0 Å². The molecule has 1 N–H and O–H groups in total. The summed E-state index contributed by atoms with van der Waals surface area (Å²) >= 11 is 5.13. The van der Waals surface area contributed by atoms with E-state index in [0.29, 0.717) is 6.07 Å². The molecule has 1 rings (SSSR count). The molecule has 0 radical (unpaired) electrons. The Bertz CT molecular complexity index is 414. The van der Waals surface area contributed by atoms with Gasteiger partial charge in [-0.15, -0.1) is 0 Å². The zero-order chi connectivity index (χ0) is 11.8. The normalized spacial score (nSPS) is 11.5. The summed E-state index contributed by atoms with van der Waals surface area (Å²) in [7, 11) is 0. The molecule has 0 amide bonds. The average Bonchev–Trinajstić information content (AvgIpc) is 2.06. The molecular formula is C8H3ClF4O2. The smallest absolute Gasteiger partial charge is 0.419 e. The molecule has 0 aromatic heterocycles. The predicted octanol–water partition coefficient (Wildman–Crippen LogP) is 3.20. The van der Waals surface area contributed by atoms with Gasteiger partial charge < -0.3 is 5.11 Å². The molecule has 7 heteroatoms. The number of rotatable bonds is 1. The fraction of sp³-hybridized carbons (Fsp3) is 0.125. The maximum absolute atomic E-state index is 12.9. The number of carboxylic acid groups (broad SMARTS) is 1. The topological polar surface area (TPSA) is 37.3 Å². The fourth-order valence-electron chi connectivity index (χ4n) is 0.919. The molecule has 0 bridgehead atoms. The van der Waals surface area contributed by atoms with Gasteiger partial charge in [0.1, 0.15) is 0 Å². The predicted molar refractivity (Wildman–Crippen MR) is 43.4 cm³/mol. The molecule has 82 valence electrons. The van der Waals surface area contributed by atoms with Crippen LogP contribution in [0.1, 0.15) is 15.9 Å². The van der Waals surface area contributed by atoms with Crippen LogP contribution in [0.4, 0.5) is 17.6 Å². The van der Waals surface area contributed by atoms with E-state index in [1.54, 1.807) is 0 Å². The molecule has 0 aliphatic carbocycles. The first-order valence-electron chi connectivity index (χ1n) is 3.53. The first-order valence-corrected chi connectivity index (χ1v) is 3.91. The van der Waals surface area contributed by atoms with Crippen molar-refractivity contribution < 1.29 is 27.5 Å². The van der Waals surface area contributed by atoms with Crippen LogP contribution >= 0.6 is 11.6 Å². The van der Waals surface area contributed by atoms with Crippen LogP contribution in [-0.2, 0) is 6.18 Å². The van der Waals surface area contributed by atoms with Crippen LogP contribution in [-0.4, -0.2) is 11.1 Å². The molecule has 0 heterocycles. The quantitative estimate of drug-likeness (QED) is 0.768. The van der Waals surface area contributed by atoms with E-state index in [9.17, 15) is 22.4 Å². The van der Waals surface area contributed by atoms with Crippen LogP contribution in [0, 0.1) is 5.82 Å². The SMILES string of the molecule is O=C(O)c1cc(Cl)c(F)c(C(F)(F)F)c1. The molecule has 0 atom stereocenters. The number of alkyl halides is 3. The van der Waals surface area contributed by atoms with Gasteiger partial charge in [0.15, 0.2) is 5.82 Å². The summed E-state index contributed by atoms with van der Waals surface area (Å²) in [6, 6.07) is 0.817. The third kappa shape index (κ3) is 2.38. The number of carboxylic acids is 1. The van der Waals surface area contributed by atoms with E-state index in [0.717, 1.165) is 0 Å². The minimum Gasteiger partial charge on any atom is -0.478 e. The van der Waals surface area contributed by atoms with Gasteiger partial charge in [-0.3, -0.25) is 0 Å². The lowest BCUT2D eigenvalue weighted by Gasteiger charge is -2.09. The van der Waals surface area contributed by atoms with Gasteiger partial charge in [0.05, 0.1) is 16.1 Å². The lowest BCUT2D eigenvalue weighted by Crippen LogP contribution is -2.11. The Morgan fingerprint density at radius 3 is 2.27 bits per heavy atom. The highest BCUT2D eigenvalue weighted by atomic mass is 35.5. The first-order chi connectivity index (χ1) is 6.73. The Labute approximate surface area is 86.1 Å². The highest BCUT2D eigenvalue weighted by Crippen LogP contribution is 2.34. The van der Waals surface area contributed by atoms with Crippen molar-refractivity contribution in [1.82, 2.24) is 0 Å². The minimum atomic E-state index is -4.97. The van der Waals surface area contributed by atoms with Crippen molar-refractivity contribution in [2.45, 2.75) is 6.18 Å². The summed E-state index contributed by atoms with van der Waals surface area (Å²) in [4.78, 5) is 10.4. The maximum atomic E-state index is 12.9. The first kappa shape index (κ1) is 11.8.